The van der Waals surface area contributed by atoms with Gasteiger partial charge < -0.3 is 4.74 Å². The minimum atomic E-state index is -3.76. The maximum atomic E-state index is 11.6. The highest BCUT2D eigenvalue weighted by Crippen LogP contribution is 2.31. The summed E-state index contributed by atoms with van der Waals surface area (Å²) in [6, 6.07) is 10.2. The Labute approximate surface area is 112 Å². The molecule has 0 saturated heterocycles. The van der Waals surface area contributed by atoms with Crippen molar-refractivity contribution in [3.63, 3.8) is 0 Å². The molecule has 2 N–H and O–H groups in total. The van der Waals surface area contributed by atoms with Crippen molar-refractivity contribution in [2.75, 3.05) is 0 Å². The molecule has 1 unspecified atom stereocenters. The van der Waals surface area contributed by atoms with Gasteiger partial charge in [0, 0.05) is 10.8 Å². The molecule has 0 spiro atoms. The van der Waals surface area contributed by atoms with E-state index in [-0.39, 0.29) is 11.0 Å². The van der Waals surface area contributed by atoms with E-state index in [9.17, 15) is 8.42 Å². The summed E-state index contributed by atoms with van der Waals surface area (Å²) < 4.78 is 28.8. The van der Waals surface area contributed by atoms with Gasteiger partial charge in [-0.05, 0) is 19.1 Å². The van der Waals surface area contributed by atoms with Gasteiger partial charge in [0.1, 0.15) is 11.9 Å². The first-order valence-electron chi connectivity index (χ1n) is 5.77. The average Bonchev–Trinajstić information content (AvgIpc) is 2.37. The molecule has 1 atom stereocenters. The fraction of sp³-hybridized carbons (Fsp3) is 0.143. The standard InChI is InChI=1S/C14H15NO3S/c1-3-10(2)18-13-8-9-14(19(15,16)17)12-7-5-4-6-11(12)13/h3-10H,1H2,2H3,(H2,15,16,17). The predicted molar refractivity (Wildman–Crippen MR) is 75.6 cm³/mol. The fourth-order valence-electron chi connectivity index (χ4n) is 1.84. The quantitative estimate of drug-likeness (QED) is 0.873. The van der Waals surface area contributed by atoms with E-state index in [2.05, 4.69) is 6.58 Å². The van der Waals surface area contributed by atoms with E-state index in [0.717, 1.165) is 0 Å². The van der Waals surface area contributed by atoms with Crippen LogP contribution in [0.4, 0.5) is 0 Å². The van der Waals surface area contributed by atoms with Crippen LogP contribution in [-0.4, -0.2) is 14.5 Å². The van der Waals surface area contributed by atoms with Crippen LogP contribution in [0.5, 0.6) is 5.75 Å². The van der Waals surface area contributed by atoms with E-state index >= 15 is 0 Å². The molecule has 19 heavy (non-hydrogen) atoms. The Morgan fingerprint density at radius 1 is 1.21 bits per heavy atom. The SMILES string of the molecule is C=CC(C)Oc1ccc(S(N)(=O)=O)c2ccccc12. The first kappa shape index (κ1) is 13.6. The van der Waals surface area contributed by atoms with Gasteiger partial charge in [-0.3, -0.25) is 0 Å². The van der Waals surface area contributed by atoms with Gasteiger partial charge in [-0.15, -0.1) is 0 Å². The molecular weight excluding hydrogens is 262 g/mol. The molecule has 4 nitrogen and oxygen atoms in total. The van der Waals surface area contributed by atoms with Gasteiger partial charge in [0.15, 0.2) is 0 Å². The van der Waals surface area contributed by atoms with Crippen LogP contribution in [0.1, 0.15) is 6.92 Å². The first-order valence-corrected chi connectivity index (χ1v) is 7.32. The van der Waals surface area contributed by atoms with Gasteiger partial charge in [0.25, 0.3) is 0 Å². The molecule has 0 bridgehead atoms. The number of sulfonamides is 1. The molecule has 2 aromatic carbocycles. The molecule has 0 amide bonds. The molecule has 0 aliphatic heterocycles. The average molecular weight is 277 g/mol. The van der Waals surface area contributed by atoms with E-state index in [1.54, 1.807) is 30.3 Å². The van der Waals surface area contributed by atoms with Crippen molar-refractivity contribution < 1.29 is 13.2 Å². The van der Waals surface area contributed by atoms with Crippen LogP contribution in [0.25, 0.3) is 10.8 Å². The van der Waals surface area contributed by atoms with Crippen molar-refractivity contribution >= 4 is 20.8 Å². The maximum Gasteiger partial charge on any atom is 0.238 e. The normalized spacial score (nSPS) is 13.2. The van der Waals surface area contributed by atoms with E-state index in [1.807, 2.05) is 13.0 Å². The number of ether oxygens (including phenoxy) is 1. The lowest BCUT2D eigenvalue weighted by Crippen LogP contribution is -2.13. The number of hydrogen-bond donors (Lipinski definition) is 1. The molecule has 2 rings (SSSR count). The van der Waals surface area contributed by atoms with Crippen LogP contribution < -0.4 is 9.88 Å². The van der Waals surface area contributed by atoms with Crippen molar-refractivity contribution in [2.45, 2.75) is 17.9 Å². The second-order valence-electron chi connectivity index (χ2n) is 4.21. The molecule has 0 radical (unpaired) electrons. The molecule has 100 valence electrons. The Balaban J connectivity index is 2.68. The van der Waals surface area contributed by atoms with Gasteiger partial charge in [-0.1, -0.05) is 36.9 Å². The summed E-state index contributed by atoms with van der Waals surface area (Å²) in [6.45, 7) is 5.51. The summed E-state index contributed by atoms with van der Waals surface area (Å²) in [5, 5.41) is 6.48. The van der Waals surface area contributed by atoms with Crippen molar-refractivity contribution in [3.8, 4) is 5.75 Å². The topological polar surface area (TPSA) is 69.4 Å². The number of hydrogen-bond acceptors (Lipinski definition) is 3. The van der Waals surface area contributed by atoms with Crippen molar-refractivity contribution in [1.29, 1.82) is 0 Å². The molecule has 0 fully saturated rings. The van der Waals surface area contributed by atoms with Crippen LogP contribution in [-0.2, 0) is 10.0 Å². The van der Waals surface area contributed by atoms with E-state index in [0.29, 0.717) is 16.5 Å². The van der Waals surface area contributed by atoms with Crippen LogP contribution in [0, 0.1) is 0 Å². The van der Waals surface area contributed by atoms with E-state index in [1.165, 1.54) is 6.07 Å². The molecular formula is C14H15NO3S. The van der Waals surface area contributed by atoms with Crippen LogP contribution in [0.2, 0.25) is 0 Å². The Bertz CT molecular complexity index is 723. The minimum Gasteiger partial charge on any atom is -0.486 e. The summed E-state index contributed by atoms with van der Waals surface area (Å²) >= 11 is 0. The zero-order chi connectivity index (χ0) is 14.0. The molecule has 0 aliphatic rings. The molecule has 5 heteroatoms. The highest BCUT2D eigenvalue weighted by molar-refractivity contribution is 7.89. The number of benzene rings is 2. The van der Waals surface area contributed by atoms with Crippen LogP contribution in [0.3, 0.4) is 0 Å². The van der Waals surface area contributed by atoms with Gasteiger partial charge in [0.05, 0.1) is 4.90 Å². The highest BCUT2D eigenvalue weighted by atomic mass is 32.2. The Morgan fingerprint density at radius 3 is 2.42 bits per heavy atom. The number of fused-ring (bicyclic) bond motifs is 1. The Kier molecular flexibility index (Phi) is 3.59. The fourth-order valence-corrected chi connectivity index (χ4v) is 2.59. The van der Waals surface area contributed by atoms with Crippen molar-refractivity contribution in [3.05, 3.63) is 49.1 Å². The predicted octanol–water partition coefficient (Wildman–Crippen LogP) is 2.44. The lowest BCUT2D eigenvalue weighted by atomic mass is 10.1. The Hall–Kier alpha value is -1.85. The monoisotopic (exact) mass is 277 g/mol. The zero-order valence-electron chi connectivity index (χ0n) is 10.5. The van der Waals surface area contributed by atoms with Gasteiger partial charge in [-0.2, -0.15) is 0 Å². The summed E-state index contributed by atoms with van der Waals surface area (Å²) in [7, 11) is -3.76. The maximum absolute atomic E-state index is 11.6. The van der Waals surface area contributed by atoms with E-state index < -0.39 is 10.0 Å². The highest BCUT2D eigenvalue weighted by Gasteiger charge is 2.15. The summed E-state index contributed by atoms with van der Waals surface area (Å²) in [4.78, 5) is 0.0988. The zero-order valence-corrected chi connectivity index (χ0v) is 11.4. The third-order valence-electron chi connectivity index (χ3n) is 2.80. The lowest BCUT2D eigenvalue weighted by molar-refractivity contribution is 0.273. The first-order chi connectivity index (χ1) is 8.93. The second-order valence-corrected chi connectivity index (χ2v) is 5.74. The number of rotatable bonds is 4. The van der Waals surface area contributed by atoms with Gasteiger partial charge >= 0.3 is 0 Å². The van der Waals surface area contributed by atoms with Crippen LogP contribution in [0.15, 0.2) is 53.9 Å². The molecule has 0 saturated carbocycles. The van der Waals surface area contributed by atoms with Crippen molar-refractivity contribution in [1.82, 2.24) is 0 Å². The van der Waals surface area contributed by atoms with E-state index in [4.69, 9.17) is 9.88 Å². The summed E-state index contributed by atoms with van der Waals surface area (Å²) in [5.74, 6) is 0.607. The van der Waals surface area contributed by atoms with Crippen molar-refractivity contribution in [2.24, 2.45) is 5.14 Å². The molecule has 0 aromatic heterocycles. The Morgan fingerprint density at radius 2 is 1.84 bits per heavy atom. The smallest absolute Gasteiger partial charge is 0.238 e. The lowest BCUT2D eigenvalue weighted by Gasteiger charge is -2.14. The molecule has 0 heterocycles. The second kappa shape index (κ2) is 5.03. The largest absolute Gasteiger partial charge is 0.486 e. The third kappa shape index (κ3) is 2.77. The number of primary sulfonamides is 1. The van der Waals surface area contributed by atoms with Gasteiger partial charge in [-0.25, -0.2) is 13.6 Å². The molecule has 2 aromatic rings. The third-order valence-corrected chi connectivity index (χ3v) is 3.76. The molecule has 0 aliphatic carbocycles. The van der Waals surface area contributed by atoms with Crippen LogP contribution >= 0.6 is 0 Å². The number of nitrogens with two attached hydrogens (primary N) is 1. The summed E-state index contributed by atoms with van der Waals surface area (Å²) in [5.41, 5.74) is 0. The minimum absolute atomic E-state index is 0.0988. The summed E-state index contributed by atoms with van der Waals surface area (Å²) in [6.07, 6.45) is 1.51. The van der Waals surface area contributed by atoms with Gasteiger partial charge in [0.2, 0.25) is 10.0 Å².